The van der Waals surface area contributed by atoms with Gasteiger partial charge in [-0.05, 0) is 57.2 Å². The lowest BCUT2D eigenvalue weighted by atomic mass is 9.98. The lowest BCUT2D eigenvalue weighted by Gasteiger charge is -2.16. The predicted molar refractivity (Wildman–Crippen MR) is 131 cm³/mol. The average Bonchev–Trinajstić information content (AvgIpc) is 2.73. The van der Waals surface area contributed by atoms with Crippen molar-refractivity contribution in [2.45, 2.75) is 104 Å². The van der Waals surface area contributed by atoms with Gasteiger partial charge in [-0.2, -0.15) is 0 Å². The first kappa shape index (κ1) is 27.3. The van der Waals surface area contributed by atoms with Crippen molar-refractivity contribution >= 4 is 37.8 Å². The molecule has 0 saturated heterocycles. The van der Waals surface area contributed by atoms with Crippen LogP contribution in [0.25, 0.3) is 0 Å². The summed E-state index contributed by atoms with van der Waals surface area (Å²) in [5.74, 6) is -0.926. The lowest BCUT2D eigenvalue weighted by Crippen LogP contribution is -2.10. The predicted octanol–water partition coefficient (Wildman–Crippen LogP) is 8.43. The number of benzene rings is 1. The van der Waals surface area contributed by atoms with Gasteiger partial charge in [0.15, 0.2) is 0 Å². The summed E-state index contributed by atoms with van der Waals surface area (Å²) >= 11 is 6.51. The first-order chi connectivity index (χ1) is 14.5. The molecule has 6 heteroatoms. The van der Waals surface area contributed by atoms with Crippen LogP contribution in [0.4, 0.5) is 0 Å². The van der Waals surface area contributed by atoms with Crippen LogP contribution in [0.15, 0.2) is 8.95 Å². The number of halogens is 2. The molecule has 0 aliphatic rings. The molecule has 1 rings (SSSR count). The van der Waals surface area contributed by atoms with Gasteiger partial charge in [-0.15, -0.1) is 0 Å². The fourth-order valence-corrected chi connectivity index (χ4v) is 4.95. The van der Waals surface area contributed by atoms with Crippen molar-refractivity contribution in [3.05, 3.63) is 20.1 Å². The van der Waals surface area contributed by atoms with Gasteiger partial charge in [0.1, 0.15) is 21.5 Å². The van der Waals surface area contributed by atoms with Crippen molar-refractivity contribution in [3.8, 4) is 11.5 Å². The fraction of sp³-hybridized carbons (Fsp3) is 0.708. The van der Waals surface area contributed by atoms with Crippen LogP contribution in [-0.2, 0) is 11.2 Å². The zero-order valence-corrected chi connectivity index (χ0v) is 21.7. The highest BCUT2D eigenvalue weighted by atomic mass is 79.9. The van der Waals surface area contributed by atoms with Crippen LogP contribution in [0.1, 0.15) is 113 Å². The molecule has 30 heavy (non-hydrogen) atoms. The number of hydrogen-bond donors (Lipinski definition) is 2. The summed E-state index contributed by atoms with van der Waals surface area (Å²) in [6.45, 7) is 4.21. The van der Waals surface area contributed by atoms with Crippen molar-refractivity contribution in [3.63, 3.8) is 0 Å². The summed E-state index contributed by atoms with van der Waals surface area (Å²) in [7, 11) is 0. The number of hydrogen-bond acceptors (Lipinski definition) is 4. The number of phenols is 2. The smallest absolute Gasteiger partial charge is 0.342 e. The largest absolute Gasteiger partial charge is 0.506 e. The van der Waals surface area contributed by atoms with E-state index in [0.29, 0.717) is 16.5 Å². The van der Waals surface area contributed by atoms with Crippen LogP contribution >= 0.6 is 31.9 Å². The van der Waals surface area contributed by atoms with Gasteiger partial charge < -0.3 is 14.9 Å². The summed E-state index contributed by atoms with van der Waals surface area (Å²) in [6, 6.07) is 0. The van der Waals surface area contributed by atoms with Gasteiger partial charge in [0, 0.05) is 0 Å². The highest BCUT2D eigenvalue weighted by molar-refractivity contribution is 9.11. The van der Waals surface area contributed by atoms with E-state index in [2.05, 4.69) is 38.8 Å². The molecule has 0 spiro atoms. The Hall–Kier alpha value is -0.750. The molecule has 0 heterocycles. The Balaban J connectivity index is 2.37. The van der Waals surface area contributed by atoms with Crippen molar-refractivity contribution in [1.82, 2.24) is 0 Å². The van der Waals surface area contributed by atoms with Crippen LogP contribution in [0.5, 0.6) is 11.5 Å². The van der Waals surface area contributed by atoms with Crippen LogP contribution in [-0.4, -0.2) is 22.8 Å². The topological polar surface area (TPSA) is 66.8 Å². The van der Waals surface area contributed by atoms with Gasteiger partial charge in [0.25, 0.3) is 0 Å². The number of rotatable bonds is 16. The van der Waals surface area contributed by atoms with Gasteiger partial charge in [0.2, 0.25) is 0 Å². The Morgan fingerprint density at radius 1 is 0.733 bits per heavy atom. The number of carbonyl (C=O) groups excluding carboxylic acids is 1. The molecule has 4 nitrogen and oxygen atoms in total. The Bertz CT molecular complexity index is 647. The molecule has 0 fully saturated rings. The van der Waals surface area contributed by atoms with E-state index in [9.17, 15) is 15.0 Å². The summed E-state index contributed by atoms with van der Waals surface area (Å²) in [6.07, 6.45) is 17.1. The second-order valence-corrected chi connectivity index (χ2v) is 9.48. The van der Waals surface area contributed by atoms with Crippen molar-refractivity contribution in [2.75, 3.05) is 6.61 Å². The first-order valence-corrected chi connectivity index (χ1v) is 13.1. The van der Waals surface area contributed by atoms with Crippen molar-refractivity contribution in [2.24, 2.45) is 0 Å². The van der Waals surface area contributed by atoms with Gasteiger partial charge in [-0.3, -0.25) is 0 Å². The number of ether oxygens (including phenoxy) is 1. The maximum absolute atomic E-state index is 12.3. The molecule has 0 amide bonds. The van der Waals surface area contributed by atoms with E-state index in [0.717, 1.165) is 19.3 Å². The highest BCUT2D eigenvalue weighted by Gasteiger charge is 2.26. The van der Waals surface area contributed by atoms with Crippen molar-refractivity contribution < 1.29 is 19.7 Å². The number of phenolic OH excluding ortho intramolecular Hbond substituents is 2. The lowest BCUT2D eigenvalue weighted by molar-refractivity contribution is 0.0521. The molecule has 0 bridgehead atoms. The van der Waals surface area contributed by atoms with Crippen LogP contribution in [0.2, 0.25) is 0 Å². The molecule has 0 saturated carbocycles. The third-order valence-corrected chi connectivity index (χ3v) is 7.04. The molecule has 0 unspecified atom stereocenters. The summed E-state index contributed by atoms with van der Waals surface area (Å²) in [4.78, 5) is 12.3. The Morgan fingerprint density at radius 2 is 1.20 bits per heavy atom. The molecular weight excluding hydrogens is 512 g/mol. The van der Waals surface area contributed by atoms with Crippen LogP contribution in [0, 0.1) is 0 Å². The molecule has 0 aliphatic heterocycles. The Labute approximate surface area is 199 Å². The number of esters is 1. The minimum atomic E-state index is -0.568. The molecule has 0 aliphatic carbocycles. The maximum atomic E-state index is 12.3. The van der Waals surface area contributed by atoms with E-state index in [4.69, 9.17) is 4.74 Å². The Morgan fingerprint density at radius 3 is 1.67 bits per heavy atom. The molecule has 0 aromatic heterocycles. The van der Waals surface area contributed by atoms with E-state index in [-0.39, 0.29) is 28.1 Å². The van der Waals surface area contributed by atoms with E-state index in [1.54, 1.807) is 6.92 Å². The Kier molecular flexibility index (Phi) is 14.5. The summed E-state index contributed by atoms with van der Waals surface area (Å²) < 4.78 is 5.64. The fourth-order valence-electron chi connectivity index (χ4n) is 3.69. The standard InChI is InChI=1S/C24H38Br2O4/c1-3-5-6-7-8-9-10-11-12-13-14-15-16-17-18-19(24(29)30-4-2)22(27)21(26)23(28)20(18)25/h27-28H,3-17H2,1-2H3. The average molecular weight is 550 g/mol. The van der Waals surface area contributed by atoms with Crippen LogP contribution in [0.3, 0.4) is 0 Å². The summed E-state index contributed by atoms with van der Waals surface area (Å²) in [5.41, 5.74) is 0.738. The molecule has 2 N–H and O–H groups in total. The quantitative estimate of drug-likeness (QED) is 0.160. The second kappa shape index (κ2) is 16.0. The third-order valence-electron chi connectivity index (χ3n) is 5.44. The molecule has 0 atom stereocenters. The minimum absolute atomic E-state index is 0.0924. The zero-order chi connectivity index (χ0) is 22.4. The molecule has 1 aromatic rings. The SMILES string of the molecule is CCCCCCCCCCCCCCCc1c(Br)c(O)c(Br)c(O)c1C(=O)OCC. The zero-order valence-electron chi connectivity index (χ0n) is 18.6. The number of aromatic hydroxyl groups is 2. The minimum Gasteiger partial charge on any atom is -0.506 e. The van der Waals surface area contributed by atoms with Gasteiger partial charge in [-0.1, -0.05) is 84.0 Å². The monoisotopic (exact) mass is 548 g/mol. The molecular formula is C24H38Br2O4. The number of carbonyl (C=O) groups is 1. The molecule has 172 valence electrons. The number of unbranched alkanes of at least 4 members (excludes halogenated alkanes) is 12. The van der Waals surface area contributed by atoms with Gasteiger partial charge in [-0.25, -0.2) is 4.79 Å². The normalized spacial score (nSPS) is 11.1. The van der Waals surface area contributed by atoms with E-state index in [1.807, 2.05) is 0 Å². The highest BCUT2D eigenvalue weighted by Crippen LogP contribution is 2.45. The molecule has 0 radical (unpaired) electrons. The van der Waals surface area contributed by atoms with E-state index in [1.165, 1.54) is 64.2 Å². The molecule has 1 aromatic carbocycles. The van der Waals surface area contributed by atoms with Crippen LogP contribution < -0.4 is 0 Å². The van der Waals surface area contributed by atoms with Gasteiger partial charge >= 0.3 is 5.97 Å². The van der Waals surface area contributed by atoms with Crippen molar-refractivity contribution in [1.29, 1.82) is 0 Å². The van der Waals surface area contributed by atoms with E-state index >= 15 is 0 Å². The maximum Gasteiger partial charge on any atom is 0.342 e. The first-order valence-electron chi connectivity index (χ1n) is 11.5. The van der Waals surface area contributed by atoms with Gasteiger partial charge in [0.05, 0.1) is 11.1 Å². The second-order valence-electron chi connectivity index (χ2n) is 7.89. The summed E-state index contributed by atoms with van der Waals surface area (Å²) in [5, 5.41) is 20.6. The third kappa shape index (κ3) is 9.17. The van der Waals surface area contributed by atoms with E-state index < -0.39 is 5.97 Å².